The highest BCUT2D eigenvalue weighted by atomic mass is 35.5. The monoisotopic (exact) mass is 262 g/mol. The second kappa shape index (κ2) is 5.14. The summed E-state index contributed by atoms with van der Waals surface area (Å²) < 4.78 is 4.47. The van der Waals surface area contributed by atoms with Crippen LogP contribution in [0.2, 0.25) is 10.2 Å². The van der Waals surface area contributed by atoms with Crippen LogP contribution in [0.15, 0.2) is 6.07 Å². The second-order valence-corrected chi connectivity index (χ2v) is 3.59. The third kappa shape index (κ3) is 2.84. The summed E-state index contributed by atoms with van der Waals surface area (Å²) in [5.41, 5.74) is 0.0787. The number of nitrogens with zero attached hydrogens (tertiary/aromatic N) is 1. The number of aromatic nitrogens is 1. The Kier molecular flexibility index (Phi) is 4.09. The van der Waals surface area contributed by atoms with E-state index in [-0.39, 0.29) is 27.5 Å². The Morgan fingerprint density at radius 2 is 2.06 bits per heavy atom. The fraction of sp³-hybridized carbons (Fsp3) is 0.222. The third-order valence-electron chi connectivity index (χ3n) is 1.62. The van der Waals surface area contributed by atoms with Crippen LogP contribution in [-0.2, 0) is 9.53 Å². The van der Waals surface area contributed by atoms with Gasteiger partial charge in [-0.3, -0.25) is 4.79 Å². The SMILES string of the molecule is COC(=O)c1nc(Cl)cc(NC(C)=O)c1Cl. The van der Waals surface area contributed by atoms with Crippen LogP contribution in [0.25, 0.3) is 0 Å². The number of esters is 1. The topological polar surface area (TPSA) is 68.3 Å². The van der Waals surface area contributed by atoms with Gasteiger partial charge in [0.2, 0.25) is 5.91 Å². The molecule has 1 heterocycles. The predicted molar refractivity (Wildman–Crippen MR) is 59.9 cm³/mol. The Hall–Kier alpha value is -1.33. The summed E-state index contributed by atoms with van der Waals surface area (Å²) in [5.74, 6) is -1.06. The highest BCUT2D eigenvalue weighted by Gasteiger charge is 2.18. The maximum Gasteiger partial charge on any atom is 0.358 e. The summed E-state index contributed by atoms with van der Waals surface area (Å²) in [6.45, 7) is 1.31. The van der Waals surface area contributed by atoms with Crippen LogP contribution in [0.5, 0.6) is 0 Å². The molecular formula is C9H8Cl2N2O3. The van der Waals surface area contributed by atoms with E-state index in [9.17, 15) is 9.59 Å². The molecule has 0 radical (unpaired) electrons. The molecule has 1 rings (SSSR count). The molecule has 1 amide bonds. The van der Waals surface area contributed by atoms with Crippen LogP contribution < -0.4 is 5.32 Å². The predicted octanol–water partition coefficient (Wildman–Crippen LogP) is 2.13. The number of anilines is 1. The van der Waals surface area contributed by atoms with E-state index in [4.69, 9.17) is 23.2 Å². The molecule has 86 valence electrons. The number of amides is 1. The molecule has 16 heavy (non-hydrogen) atoms. The molecule has 5 nitrogen and oxygen atoms in total. The Bertz CT molecular complexity index is 449. The van der Waals surface area contributed by atoms with E-state index >= 15 is 0 Å². The van der Waals surface area contributed by atoms with Crippen molar-refractivity contribution >= 4 is 40.8 Å². The Morgan fingerprint density at radius 3 is 2.56 bits per heavy atom. The lowest BCUT2D eigenvalue weighted by Crippen LogP contribution is -2.11. The first-order valence-corrected chi connectivity index (χ1v) is 4.93. The molecule has 1 aromatic heterocycles. The Morgan fingerprint density at radius 1 is 1.44 bits per heavy atom. The zero-order chi connectivity index (χ0) is 12.3. The molecule has 0 aliphatic carbocycles. The lowest BCUT2D eigenvalue weighted by Gasteiger charge is -2.08. The number of hydrogen-bond acceptors (Lipinski definition) is 4. The van der Waals surface area contributed by atoms with Gasteiger partial charge in [-0.25, -0.2) is 9.78 Å². The van der Waals surface area contributed by atoms with E-state index < -0.39 is 5.97 Å². The van der Waals surface area contributed by atoms with Gasteiger partial charge in [-0.2, -0.15) is 0 Å². The summed E-state index contributed by atoms with van der Waals surface area (Å²) in [6.07, 6.45) is 0. The van der Waals surface area contributed by atoms with E-state index in [1.165, 1.54) is 20.1 Å². The maximum atomic E-state index is 11.3. The quantitative estimate of drug-likeness (QED) is 0.655. The fourth-order valence-corrected chi connectivity index (χ4v) is 1.43. The molecule has 7 heteroatoms. The van der Waals surface area contributed by atoms with Crippen molar-refractivity contribution in [2.24, 2.45) is 0 Å². The van der Waals surface area contributed by atoms with Crippen molar-refractivity contribution in [2.75, 3.05) is 12.4 Å². The molecule has 1 aromatic rings. The van der Waals surface area contributed by atoms with Gasteiger partial charge >= 0.3 is 5.97 Å². The maximum absolute atomic E-state index is 11.3. The first-order valence-electron chi connectivity index (χ1n) is 4.17. The molecule has 0 unspecified atom stereocenters. The van der Waals surface area contributed by atoms with Crippen LogP contribution in [0.1, 0.15) is 17.4 Å². The standard InChI is InChI=1S/C9H8Cl2N2O3/c1-4(14)12-5-3-6(10)13-8(7(5)11)9(15)16-2/h3H,1-2H3,(H,12,13,14). The van der Waals surface area contributed by atoms with Crippen molar-refractivity contribution in [2.45, 2.75) is 6.92 Å². The van der Waals surface area contributed by atoms with Gasteiger partial charge in [0.05, 0.1) is 17.8 Å². The molecule has 0 spiro atoms. The largest absolute Gasteiger partial charge is 0.464 e. The van der Waals surface area contributed by atoms with Gasteiger partial charge in [0.1, 0.15) is 5.15 Å². The molecule has 0 saturated heterocycles. The molecule has 1 N–H and O–H groups in total. The zero-order valence-corrected chi connectivity index (χ0v) is 10.0. The first-order chi connectivity index (χ1) is 7.45. The molecule has 0 bridgehead atoms. The number of methoxy groups -OCH3 is 1. The minimum absolute atomic E-state index is 0.00792. The van der Waals surface area contributed by atoms with Gasteiger partial charge < -0.3 is 10.1 Å². The van der Waals surface area contributed by atoms with E-state index in [0.717, 1.165) is 0 Å². The van der Waals surface area contributed by atoms with Gasteiger partial charge in [-0.1, -0.05) is 23.2 Å². The van der Waals surface area contributed by atoms with E-state index in [2.05, 4.69) is 15.0 Å². The van der Waals surface area contributed by atoms with Gasteiger partial charge in [-0.15, -0.1) is 0 Å². The highest BCUT2D eigenvalue weighted by molar-refractivity contribution is 6.37. The lowest BCUT2D eigenvalue weighted by molar-refractivity contribution is -0.114. The van der Waals surface area contributed by atoms with E-state index in [0.29, 0.717) is 0 Å². The number of nitrogens with one attached hydrogen (secondary N) is 1. The van der Waals surface area contributed by atoms with Crippen molar-refractivity contribution in [1.29, 1.82) is 0 Å². The molecule has 0 saturated carbocycles. The summed E-state index contributed by atoms with van der Waals surface area (Å²) in [5, 5.41) is 2.46. The number of halogens is 2. The highest BCUT2D eigenvalue weighted by Crippen LogP contribution is 2.28. The van der Waals surface area contributed by atoms with Crippen molar-refractivity contribution in [3.05, 3.63) is 21.9 Å². The van der Waals surface area contributed by atoms with Crippen molar-refractivity contribution in [1.82, 2.24) is 4.98 Å². The van der Waals surface area contributed by atoms with Gasteiger partial charge in [-0.05, 0) is 0 Å². The van der Waals surface area contributed by atoms with Crippen LogP contribution in [0.4, 0.5) is 5.69 Å². The first kappa shape index (κ1) is 12.7. The van der Waals surface area contributed by atoms with Crippen LogP contribution in [-0.4, -0.2) is 24.0 Å². The van der Waals surface area contributed by atoms with Gasteiger partial charge in [0.15, 0.2) is 5.69 Å². The van der Waals surface area contributed by atoms with Crippen LogP contribution >= 0.6 is 23.2 Å². The smallest absolute Gasteiger partial charge is 0.358 e. The second-order valence-electron chi connectivity index (χ2n) is 2.83. The minimum atomic E-state index is -0.723. The Labute approximate surface area is 102 Å². The van der Waals surface area contributed by atoms with Gasteiger partial charge in [0, 0.05) is 13.0 Å². The molecule has 0 aliphatic rings. The Balaban J connectivity index is 3.25. The van der Waals surface area contributed by atoms with Crippen molar-refractivity contribution in [3.8, 4) is 0 Å². The lowest BCUT2D eigenvalue weighted by atomic mass is 10.3. The summed E-state index contributed by atoms with van der Waals surface area (Å²) in [6, 6.07) is 1.34. The van der Waals surface area contributed by atoms with Gasteiger partial charge in [0.25, 0.3) is 0 Å². The molecule has 0 atom stereocenters. The minimum Gasteiger partial charge on any atom is -0.464 e. The number of rotatable bonds is 2. The molecular weight excluding hydrogens is 255 g/mol. The van der Waals surface area contributed by atoms with Crippen LogP contribution in [0.3, 0.4) is 0 Å². The summed E-state index contributed by atoms with van der Waals surface area (Å²) in [4.78, 5) is 25.9. The summed E-state index contributed by atoms with van der Waals surface area (Å²) >= 11 is 11.5. The fourth-order valence-electron chi connectivity index (χ4n) is 1.01. The van der Waals surface area contributed by atoms with Crippen LogP contribution in [0, 0.1) is 0 Å². The average molecular weight is 263 g/mol. The number of ether oxygens (including phenoxy) is 1. The summed E-state index contributed by atoms with van der Waals surface area (Å²) in [7, 11) is 1.19. The number of carbonyl (C=O) groups is 2. The molecule has 0 aliphatic heterocycles. The third-order valence-corrected chi connectivity index (χ3v) is 2.19. The van der Waals surface area contributed by atoms with Crippen molar-refractivity contribution < 1.29 is 14.3 Å². The molecule has 0 fully saturated rings. The number of pyridine rings is 1. The zero-order valence-electron chi connectivity index (χ0n) is 8.51. The number of carbonyl (C=O) groups excluding carboxylic acids is 2. The van der Waals surface area contributed by atoms with Crippen molar-refractivity contribution in [3.63, 3.8) is 0 Å². The molecule has 0 aromatic carbocycles. The number of hydrogen-bond donors (Lipinski definition) is 1. The average Bonchev–Trinajstić information content (AvgIpc) is 2.21. The van der Waals surface area contributed by atoms with E-state index in [1.807, 2.05) is 0 Å². The van der Waals surface area contributed by atoms with E-state index in [1.54, 1.807) is 0 Å². The normalized spacial score (nSPS) is 9.75.